The zero-order valence-electron chi connectivity index (χ0n) is 22.6. The maximum Gasteiger partial charge on any atom is 0.168 e. The van der Waals surface area contributed by atoms with Crippen molar-refractivity contribution in [2.75, 3.05) is 0 Å². The highest BCUT2D eigenvalue weighted by Crippen LogP contribution is 1.96. The van der Waals surface area contributed by atoms with Gasteiger partial charge in [0.2, 0.25) is 0 Å². The first kappa shape index (κ1) is 11.6. The van der Waals surface area contributed by atoms with Crippen molar-refractivity contribution in [3.63, 3.8) is 0 Å². The van der Waals surface area contributed by atoms with Crippen molar-refractivity contribution in [3.05, 3.63) is 59.2 Å². The summed E-state index contributed by atoms with van der Waals surface area (Å²) in [6.45, 7) is 3.74. The summed E-state index contributed by atoms with van der Waals surface area (Å²) in [5, 5.41) is 11.7. The molecule has 0 aliphatic heterocycles. The molecule has 2 aromatic rings. The van der Waals surface area contributed by atoms with Crippen molar-refractivity contribution >= 4 is 5.84 Å². The number of nitrogens with zero attached hydrogens (tertiary/aromatic N) is 4. The molecule has 128 valence electrons. The van der Waals surface area contributed by atoms with Crippen LogP contribution in [0.3, 0.4) is 0 Å². The molecule has 0 spiro atoms. The normalized spacial score (nSPS) is 11.3. The second-order valence-corrected chi connectivity index (χ2v) is 3.95. The molecule has 2 aromatic heterocycles. The van der Waals surface area contributed by atoms with Gasteiger partial charge in [0.15, 0.2) is 5.84 Å². The van der Waals surface area contributed by atoms with Crippen LogP contribution in [0.25, 0.3) is 0 Å². The van der Waals surface area contributed by atoms with Crippen molar-refractivity contribution in [1.29, 1.82) is 5.26 Å². The molecule has 0 atom stereocenters. The molecule has 8 N–H and O–H groups in total. The fourth-order valence-corrected chi connectivity index (χ4v) is 1.36. The van der Waals surface area contributed by atoms with Crippen LogP contribution >= 0.6 is 0 Å². The van der Waals surface area contributed by atoms with Crippen molar-refractivity contribution < 1.29 is 16.3 Å². The van der Waals surface area contributed by atoms with E-state index in [1.807, 2.05) is 44.2 Å². The first-order valence-electron chi connectivity index (χ1n) is 11.2. The van der Waals surface area contributed by atoms with Crippen LogP contribution in [0, 0.1) is 25.2 Å². The number of nitriles is 1. The van der Waals surface area contributed by atoms with Crippen LogP contribution in [0.2, 0.25) is 0 Å². The van der Waals surface area contributed by atoms with Gasteiger partial charge in [-0.05, 0) is 38.1 Å². The lowest BCUT2D eigenvalue weighted by Gasteiger charge is -1.97. The van der Waals surface area contributed by atoms with E-state index >= 15 is 0 Å². The number of rotatable bonds is 1. The second-order valence-electron chi connectivity index (χ2n) is 3.95. The Morgan fingerprint density at radius 1 is 1.14 bits per heavy atom. The lowest BCUT2D eigenvalue weighted by molar-refractivity contribution is 1.15. The molecule has 22 heavy (non-hydrogen) atoms. The fraction of sp³-hybridized carbons (Fsp3) is 0.143. The SMILES string of the molecule is Cc1cccc(/C(N)=N/N)n1.Cc1cccc(C#N)n1.NN.[3HH].[3H][3H].[3H][3H].[3H][3H].[3H][3H].[3H][3H]. The Kier molecular flexibility index (Phi) is 5.67. The Morgan fingerprint density at radius 2 is 1.68 bits per heavy atom. The molecule has 0 saturated heterocycles. The number of aromatic nitrogens is 2. The number of hydrogen-bond acceptors (Lipinski definition) is 7. The van der Waals surface area contributed by atoms with Crippen molar-refractivity contribution in [1.82, 2.24) is 9.97 Å². The first-order valence-corrected chi connectivity index (χ1v) is 6.21. The van der Waals surface area contributed by atoms with Gasteiger partial charge in [-0.15, -0.1) is 0 Å². The van der Waals surface area contributed by atoms with Crippen LogP contribution in [0.4, 0.5) is 0 Å². The van der Waals surface area contributed by atoms with Crippen LogP contribution in [-0.4, -0.2) is 15.8 Å². The van der Waals surface area contributed by atoms with Crippen molar-refractivity contribution in [3.8, 4) is 6.07 Å². The van der Waals surface area contributed by atoms with Crippen LogP contribution in [-0.2, 0) is 0 Å². The lowest BCUT2D eigenvalue weighted by atomic mass is 10.3. The van der Waals surface area contributed by atoms with E-state index in [2.05, 4.69) is 26.8 Å². The summed E-state index contributed by atoms with van der Waals surface area (Å²) in [6, 6.07) is 12.8. The fourth-order valence-electron chi connectivity index (χ4n) is 1.36. The molecule has 0 amide bonds. The van der Waals surface area contributed by atoms with E-state index in [-0.39, 0.29) is 7.26 Å². The standard InChI is InChI=1S/C7H10N4.C7H6N2.H4N2.6H2/c1-5-3-2-4-6(10-5)7(8)11-9;1-6-3-2-4-7(5-8)9-6;1-2;;;;;;/h2-4H,9H2,1H3,(H2,8,11);2-4H,1H3;1-2H2;6*1H/i;;;5*1+2T;1+2. The summed E-state index contributed by atoms with van der Waals surface area (Å²) < 4.78 is 50.0. The lowest BCUT2D eigenvalue weighted by Crippen LogP contribution is -2.17. The molecule has 0 aliphatic carbocycles. The molecular weight excluding hydrogens is 280 g/mol. The van der Waals surface area contributed by atoms with Crippen LogP contribution < -0.4 is 23.3 Å². The van der Waals surface area contributed by atoms with Crippen LogP contribution in [0.1, 0.15) is 39.1 Å². The number of hydrogen-bond donors (Lipinski definition) is 4. The zero-order chi connectivity index (χ0) is 27.0. The average molecular weight is 335 g/mol. The minimum absolute atomic E-state index is 0. The summed E-state index contributed by atoms with van der Waals surface area (Å²) in [5.74, 6) is 13.2. The Bertz CT molecular complexity index is 676. The van der Waals surface area contributed by atoms with E-state index in [1.54, 1.807) is 12.1 Å². The van der Waals surface area contributed by atoms with E-state index in [1.165, 1.54) is 0 Å². The van der Waals surface area contributed by atoms with Gasteiger partial charge >= 0.3 is 0 Å². The summed E-state index contributed by atoms with van der Waals surface area (Å²) in [7, 11) is 0. The molecule has 0 fully saturated rings. The van der Waals surface area contributed by atoms with Gasteiger partial charge in [-0.25, -0.2) is 9.97 Å². The van der Waals surface area contributed by atoms with Gasteiger partial charge in [-0.3, -0.25) is 11.7 Å². The predicted octanol–water partition coefficient (Wildman–Crippen LogP) is 1.53. The summed E-state index contributed by atoms with van der Waals surface area (Å²) in [6.07, 6.45) is 0. The number of amidine groups is 1. The van der Waals surface area contributed by atoms with Gasteiger partial charge in [0.1, 0.15) is 17.5 Å². The Hall–Kier alpha value is -3.02. The molecule has 2 rings (SSSR count). The Morgan fingerprint density at radius 3 is 2.09 bits per heavy atom. The largest absolute Gasteiger partial charge is 0.380 e. The van der Waals surface area contributed by atoms with E-state index in [4.69, 9.17) is 31.7 Å². The molecule has 0 bridgehead atoms. The molecule has 0 radical (unpaired) electrons. The van der Waals surface area contributed by atoms with Crippen LogP contribution in [0.15, 0.2) is 41.5 Å². The smallest absolute Gasteiger partial charge is 0.168 e. The Labute approximate surface area is 146 Å². The minimum Gasteiger partial charge on any atom is -0.380 e. The quantitative estimate of drug-likeness (QED) is 0.265. The number of aryl methyl sites for hydroxylation is 2. The van der Waals surface area contributed by atoms with Crippen molar-refractivity contribution in [2.24, 2.45) is 28.4 Å². The molecule has 2 heterocycles. The van der Waals surface area contributed by atoms with E-state index in [0.29, 0.717) is 11.4 Å². The van der Waals surface area contributed by atoms with Gasteiger partial charge in [0.25, 0.3) is 0 Å². The van der Waals surface area contributed by atoms with Gasteiger partial charge in [0.05, 0.1) is 0 Å². The molecule has 0 aromatic carbocycles. The molecule has 0 saturated carbocycles. The third kappa shape index (κ3) is 6.95. The molecular formula is C14H32N8. The maximum absolute atomic E-state index is 8.35. The van der Waals surface area contributed by atoms with Gasteiger partial charge in [0, 0.05) is 27.7 Å². The summed E-state index contributed by atoms with van der Waals surface area (Å²) in [5.41, 5.74) is 8.31. The highest BCUT2D eigenvalue weighted by Gasteiger charge is 1.97. The highest BCUT2D eigenvalue weighted by atomic mass is 15.2. The number of hydrazone groups is 1. The third-order valence-electron chi connectivity index (χ3n) is 2.29. The van der Waals surface area contributed by atoms with E-state index in [0.717, 1.165) is 11.4 Å². The van der Waals surface area contributed by atoms with E-state index in [9.17, 15) is 0 Å². The predicted molar refractivity (Wildman–Crippen MR) is 98.6 cm³/mol. The minimum atomic E-state index is 0. The summed E-state index contributed by atoms with van der Waals surface area (Å²) >= 11 is 0. The average Bonchev–Trinajstić information content (AvgIpc) is 2.91. The highest BCUT2D eigenvalue weighted by molar-refractivity contribution is 5.95. The molecule has 8 heteroatoms. The first-order chi connectivity index (χ1) is 15.6. The zero-order valence-corrected chi connectivity index (χ0v) is 12.6. The van der Waals surface area contributed by atoms with Crippen molar-refractivity contribution in [2.45, 2.75) is 13.8 Å². The topological polar surface area (TPSA) is 166 Å². The second kappa shape index (κ2) is 10.7. The Balaban J connectivity index is -0.0000000556. The summed E-state index contributed by atoms with van der Waals surface area (Å²) in [4.78, 5) is 8.04. The van der Waals surface area contributed by atoms with Gasteiger partial charge in [-0.2, -0.15) is 10.4 Å². The van der Waals surface area contributed by atoms with Crippen LogP contribution in [0.5, 0.6) is 0 Å². The molecule has 0 unspecified atom stereocenters. The van der Waals surface area contributed by atoms with Gasteiger partial charge in [-0.1, -0.05) is 12.1 Å². The monoisotopic (exact) mass is 334 g/mol. The van der Waals surface area contributed by atoms with Gasteiger partial charge < -0.3 is 11.6 Å². The maximum atomic E-state index is 8.35. The third-order valence-corrected chi connectivity index (χ3v) is 2.29. The number of nitrogens with two attached hydrogens (primary N) is 4. The van der Waals surface area contributed by atoms with E-state index < -0.39 is 0 Å². The number of pyridine rings is 2. The molecule has 0 aliphatic rings. The number of hydrazine groups is 1. The molecule has 8 nitrogen and oxygen atoms in total.